The third kappa shape index (κ3) is 1.40. The van der Waals surface area contributed by atoms with Gasteiger partial charge in [0.25, 0.3) is 0 Å². The molecule has 1 unspecified atom stereocenters. The lowest BCUT2D eigenvalue weighted by atomic mass is 9.78. The molecule has 1 atom stereocenters. The average Bonchev–Trinajstić information content (AvgIpc) is 2.23. The van der Waals surface area contributed by atoms with E-state index in [0.717, 1.165) is 0 Å². The Morgan fingerprint density at radius 2 is 2.13 bits per heavy atom. The Balaban J connectivity index is 2.65. The molecule has 0 fully saturated rings. The summed E-state index contributed by atoms with van der Waals surface area (Å²) in [6.07, 6.45) is 3.56. The molecule has 0 bridgehead atoms. The van der Waals surface area contributed by atoms with Gasteiger partial charge in [-0.3, -0.25) is 9.59 Å². The molecule has 0 aromatic heterocycles. The molecule has 1 N–H and O–H groups in total. The maximum absolute atomic E-state index is 11.8. The average molecular weight is 269 g/mol. The smallest absolute Gasteiger partial charge is 0.185 e. The second-order valence-corrected chi connectivity index (χ2v) is 4.41. The van der Waals surface area contributed by atoms with E-state index in [1.54, 1.807) is 13.0 Å². The second kappa shape index (κ2) is 3.45. The predicted octanol–water partition coefficient (Wildman–Crippen LogP) is 2.20. The number of halogens is 1. The number of rotatable bonds is 0. The van der Waals surface area contributed by atoms with Crippen molar-refractivity contribution in [1.29, 1.82) is 0 Å². The number of hydrogen-bond donors (Lipinski definition) is 1. The third-order valence-electron chi connectivity index (χ3n) is 2.73. The van der Waals surface area contributed by atoms with Crippen LogP contribution in [0.5, 0.6) is 0 Å². The van der Waals surface area contributed by atoms with E-state index in [2.05, 4.69) is 15.9 Å². The van der Waals surface area contributed by atoms with Crippen LogP contribution in [0.1, 0.15) is 13.3 Å². The first-order valence-electron chi connectivity index (χ1n) is 4.59. The first-order valence-corrected chi connectivity index (χ1v) is 5.38. The standard InChI is InChI=1S/C11H9BrO3/c1-5-9(12)11(15)8-6(10(5)14)3-2-4-7(8)13/h2,4,6,15H,3H2,1H3. The van der Waals surface area contributed by atoms with Gasteiger partial charge < -0.3 is 5.11 Å². The van der Waals surface area contributed by atoms with Crippen LogP contribution in [0.3, 0.4) is 0 Å². The first-order chi connectivity index (χ1) is 7.04. The highest BCUT2D eigenvalue weighted by atomic mass is 79.9. The number of fused-ring (bicyclic) bond motifs is 1. The molecule has 4 heteroatoms. The number of aliphatic hydroxyl groups excluding tert-OH is 1. The van der Waals surface area contributed by atoms with Gasteiger partial charge in [0.1, 0.15) is 5.76 Å². The number of Topliss-reactive ketones (excluding diaryl/α,β-unsaturated/α-hetero) is 1. The molecule has 0 aliphatic heterocycles. The van der Waals surface area contributed by atoms with Crippen molar-refractivity contribution in [2.24, 2.45) is 5.92 Å². The van der Waals surface area contributed by atoms with Gasteiger partial charge in [-0.15, -0.1) is 0 Å². The molecule has 0 spiro atoms. The van der Waals surface area contributed by atoms with E-state index >= 15 is 0 Å². The number of hydrogen-bond acceptors (Lipinski definition) is 3. The SMILES string of the molecule is CC1=C(Br)C(O)=C2C(=O)C=CCC2C1=O. The van der Waals surface area contributed by atoms with Crippen LogP contribution in [0.15, 0.2) is 33.5 Å². The van der Waals surface area contributed by atoms with Gasteiger partial charge in [0.2, 0.25) is 0 Å². The summed E-state index contributed by atoms with van der Waals surface area (Å²) in [5.74, 6) is -0.954. The molecule has 0 amide bonds. The summed E-state index contributed by atoms with van der Waals surface area (Å²) in [6, 6.07) is 0. The Hall–Kier alpha value is -1.16. The lowest BCUT2D eigenvalue weighted by Gasteiger charge is -2.25. The van der Waals surface area contributed by atoms with Crippen molar-refractivity contribution in [3.05, 3.63) is 33.5 Å². The van der Waals surface area contributed by atoms with Gasteiger partial charge in [0, 0.05) is 5.57 Å². The zero-order chi connectivity index (χ0) is 11.2. The molecule has 0 heterocycles. The molecule has 2 aliphatic carbocycles. The summed E-state index contributed by atoms with van der Waals surface area (Å²) < 4.78 is 0.336. The number of carbonyl (C=O) groups is 2. The van der Waals surface area contributed by atoms with Gasteiger partial charge in [-0.2, -0.15) is 0 Å². The Bertz CT molecular complexity index is 454. The van der Waals surface area contributed by atoms with Crippen LogP contribution in [0.4, 0.5) is 0 Å². The van der Waals surface area contributed by atoms with Crippen LogP contribution in [0, 0.1) is 5.92 Å². The molecule has 15 heavy (non-hydrogen) atoms. The summed E-state index contributed by atoms with van der Waals surface area (Å²) in [5, 5.41) is 9.80. The van der Waals surface area contributed by atoms with Crippen LogP contribution in [0.2, 0.25) is 0 Å². The largest absolute Gasteiger partial charge is 0.506 e. The van der Waals surface area contributed by atoms with Crippen molar-refractivity contribution in [1.82, 2.24) is 0 Å². The van der Waals surface area contributed by atoms with E-state index < -0.39 is 5.92 Å². The third-order valence-corrected chi connectivity index (χ3v) is 3.70. The second-order valence-electron chi connectivity index (χ2n) is 3.62. The summed E-state index contributed by atoms with van der Waals surface area (Å²) >= 11 is 3.12. The van der Waals surface area contributed by atoms with Gasteiger partial charge in [-0.1, -0.05) is 6.08 Å². The summed E-state index contributed by atoms with van der Waals surface area (Å²) in [7, 11) is 0. The van der Waals surface area contributed by atoms with Crippen molar-refractivity contribution in [2.75, 3.05) is 0 Å². The minimum atomic E-state index is -0.496. The van der Waals surface area contributed by atoms with E-state index in [1.165, 1.54) is 6.08 Å². The first kappa shape index (κ1) is 10.4. The number of ketones is 2. The van der Waals surface area contributed by atoms with Gasteiger partial charge in [-0.25, -0.2) is 0 Å². The Labute approximate surface area is 95.3 Å². The molecule has 0 radical (unpaired) electrons. The molecule has 2 rings (SSSR count). The Kier molecular flexibility index (Phi) is 2.38. The Morgan fingerprint density at radius 1 is 1.47 bits per heavy atom. The van der Waals surface area contributed by atoms with Crippen LogP contribution in [0.25, 0.3) is 0 Å². The molecule has 78 valence electrons. The molecule has 3 nitrogen and oxygen atoms in total. The highest BCUT2D eigenvalue weighted by Crippen LogP contribution is 2.37. The van der Waals surface area contributed by atoms with E-state index in [-0.39, 0.29) is 22.9 Å². The predicted molar refractivity (Wildman–Crippen MR) is 58.5 cm³/mol. The van der Waals surface area contributed by atoms with Gasteiger partial charge in [0.15, 0.2) is 11.6 Å². The van der Waals surface area contributed by atoms with Crippen molar-refractivity contribution in [3.8, 4) is 0 Å². The van der Waals surface area contributed by atoms with Crippen molar-refractivity contribution in [2.45, 2.75) is 13.3 Å². The maximum Gasteiger partial charge on any atom is 0.185 e. The van der Waals surface area contributed by atoms with Gasteiger partial charge in [0.05, 0.1) is 16.0 Å². The molecule has 0 saturated carbocycles. The molecular weight excluding hydrogens is 260 g/mol. The van der Waals surface area contributed by atoms with Crippen LogP contribution in [-0.4, -0.2) is 16.7 Å². The Morgan fingerprint density at radius 3 is 2.80 bits per heavy atom. The minimum absolute atomic E-state index is 0.0904. The summed E-state index contributed by atoms with van der Waals surface area (Å²) in [6.45, 7) is 1.64. The van der Waals surface area contributed by atoms with Crippen molar-refractivity contribution in [3.63, 3.8) is 0 Å². The zero-order valence-electron chi connectivity index (χ0n) is 8.08. The highest BCUT2D eigenvalue weighted by Gasteiger charge is 2.37. The lowest BCUT2D eigenvalue weighted by Crippen LogP contribution is -2.29. The summed E-state index contributed by atoms with van der Waals surface area (Å²) in [5.41, 5.74) is 0.698. The fraction of sp³-hybridized carbons (Fsp3) is 0.273. The molecule has 0 saturated heterocycles. The normalized spacial score (nSPS) is 26.1. The molecule has 0 aromatic rings. The van der Waals surface area contributed by atoms with Crippen molar-refractivity contribution < 1.29 is 14.7 Å². The highest BCUT2D eigenvalue weighted by molar-refractivity contribution is 9.12. The topological polar surface area (TPSA) is 54.4 Å². The lowest BCUT2D eigenvalue weighted by molar-refractivity contribution is -0.121. The minimum Gasteiger partial charge on any atom is -0.506 e. The van der Waals surface area contributed by atoms with E-state index in [0.29, 0.717) is 16.5 Å². The number of allylic oxidation sites excluding steroid dienone is 5. The zero-order valence-corrected chi connectivity index (χ0v) is 9.67. The van der Waals surface area contributed by atoms with E-state index in [9.17, 15) is 14.7 Å². The number of aliphatic hydroxyl groups is 1. The quantitative estimate of drug-likeness (QED) is 0.733. The molecule has 2 aliphatic rings. The van der Waals surface area contributed by atoms with Crippen LogP contribution < -0.4 is 0 Å². The van der Waals surface area contributed by atoms with Gasteiger partial charge in [-0.05, 0) is 35.4 Å². The molecule has 0 aromatic carbocycles. The fourth-order valence-corrected chi connectivity index (χ4v) is 2.28. The maximum atomic E-state index is 11.8. The van der Waals surface area contributed by atoms with Gasteiger partial charge >= 0.3 is 0 Å². The monoisotopic (exact) mass is 268 g/mol. The fourth-order valence-electron chi connectivity index (χ4n) is 1.88. The van der Waals surface area contributed by atoms with Crippen LogP contribution >= 0.6 is 15.9 Å². The van der Waals surface area contributed by atoms with Crippen LogP contribution in [-0.2, 0) is 9.59 Å². The van der Waals surface area contributed by atoms with Crippen molar-refractivity contribution >= 4 is 27.5 Å². The number of carbonyl (C=O) groups excluding carboxylic acids is 2. The molecular formula is C11H9BrO3. The summed E-state index contributed by atoms with van der Waals surface area (Å²) in [4.78, 5) is 23.4. The van der Waals surface area contributed by atoms with E-state index in [4.69, 9.17) is 0 Å². The van der Waals surface area contributed by atoms with E-state index in [1.807, 2.05) is 0 Å².